The maximum atomic E-state index is 13.7. The number of fused-ring (bicyclic) bond motifs is 2. The molecule has 38 heavy (non-hydrogen) atoms. The Morgan fingerprint density at radius 2 is 1.92 bits per heavy atom. The van der Waals surface area contributed by atoms with Gasteiger partial charge >= 0.3 is 0 Å². The van der Waals surface area contributed by atoms with Crippen LogP contribution < -0.4 is 0 Å². The number of rotatable bonds is 8. The van der Waals surface area contributed by atoms with Crippen LogP contribution in [-0.2, 0) is 16.1 Å². The number of Topliss-reactive ketones (excluding diaryl/α,β-unsaturated/α-hetero) is 2. The summed E-state index contributed by atoms with van der Waals surface area (Å²) in [6.45, 7) is 10.6. The largest absolute Gasteiger partial charge is 0.327 e. The van der Waals surface area contributed by atoms with Crippen molar-refractivity contribution in [1.82, 2.24) is 29.6 Å². The first-order valence-electron chi connectivity index (χ1n) is 12.5. The van der Waals surface area contributed by atoms with E-state index in [-0.39, 0.29) is 46.9 Å². The third kappa shape index (κ3) is 4.36. The van der Waals surface area contributed by atoms with E-state index in [2.05, 4.69) is 38.5 Å². The van der Waals surface area contributed by atoms with Crippen LogP contribution >= 0.6 is 0 Å². The third-order valence-electron chi connectivity index (χ3n) is 7.37. The Hall–Kier alpha value is -4.34. The lowest BCUT2D eigenvalue weighted by Gasteiger charge is -2.26. The Morgan fingerprint density at radius 3 is 2.58 bits per heavy atom. The molecular weight excluding hydrogens is 482 g/mol. The molecule has 1 aliphatic heterocycles. The van der Waals surface area contributed by atoms with Crippen molar-refractivity contribution >= 4 is 34.1 Å². The average molecular weight is 512 g/mol. The van der Waals surface area contributed by atoms with E-state index >= 15 is 0 Å². The van der Waals surface area contributed by atoms with E-state index in [0.717, 1.165) is 6.42 Å². The number of allylic oxidation sites excluding steroid dienone is 2. The summed E-state index contributed by atoms with van der Waals surface area (Å²) in [5.41, 5.74) is 2.31. The van der Waals surface area contributed by atoms with Crippen LogP contribution in [0.25, 0.3) is 22.2 Å². The van der Waals surface area contributed by atoms with Crippen molar-refractivity contribution in [2.75, 3.05) is 0 Å². The fourth-order valence-electron chi connectivity index (χ4n) is 5.32. The number of amides is 1. The lowest BCUT2D eigenvalue weighted by molar-refractivity contribution is -0.137. The van der Waals surface area contributed by atoms with Crippen molar-refractivity contribution in [2.24, 2.45) is 10.4 Å². The molecule has 3 aromatic heterocycles. The fraction of sp³-hybridized carbons (Fsp3) is 0.357. The number of carbonyl (C=O) groups is 3. The highest BCUT2D eigenvalue weighted by Crippen LogP contribution is 2.59. The summed E-state index contributed by atoms with van der Waals surface area (Å²) in [6.07, 6.45) is 11.1. The molecule has 1 aliphatic carbocycles. The summed E-state index contributed by atoms with van der Waals surface area (Å²) in [5, 5.41) is 5.08. The number of hydrogen-bond donors (Lipinski definition) is 0. The van der Waals surface area contributed by atoms with Gasteiger partial charge in [-0.3, -0.25) is 29.0 Å². The molecule has 10 nitrogen and oxygen atoms in total. The van der Waals surface area contributed by atoms with E-state index in [1.807, 2.05) is 6.92 Å². The molecule has 3 aromatic rings. The van der Waals surface area contributed by atoms with Crippen LogP contribution in [0, 0.1) is 12.3 Å². The van der Waals surface area contributed by atoms with E-state index in [9.17, 15) is 14.4 Å². The van der Waals surface area contributed by atoms with E-state index in [1.165, 1.54) is 17.8 Å². The summed E-state index contributed by atoms with van der Waals surface area (Å²) in [4.78, 5) is 58.3. The van der Waals surface area contributed by atoms with Gasteiger partial charge in [0.15, 0.2) is 5.78 Å². The number of ketones is 2. The summed E-state index contributed by atoms with van der Waals surface area (Å²) >= 11 is 0. The smallest absolute Gasteiger partial charge is 0.245 e. The number of aromatic nitrogens is 5. The van der Waals surface area contributed by atoms with Crippen molar-refractivity contribution in [2.45, 2.75) is 59.2 Å². The van der Waals surface area contributed by atoms with Gasteiger partial charge in [-0.1, -0.05) is 19.6 Å². The molecule has 0 aromatic carbocycles. The number of likely N-dealkylation sites (tertiary alicyclic amines) is 1. The molecule has 0 unspecified atom stereocenters. The monoisotopic (exact) mass is 511 g/mol. The van der Waals surface area contributed by atoms with Crippen molar-refractivity contribution in [3.63, 3.8) is 0 Å². The number of aryl methyl sites for hydroxylation is 1. The van der Waals surface area contributed by atoms with Gasteiger partial charge < -0.3 is 4.90 Å². The molecule has 5 rings (SSSR count). The topological polar surface area (TPSA) is 123 Å². The molecule has 2 aliphatic rings. The molecular formula is C28H29N7O3. The Labute approximate surface area is 220 Å². The van der Waals surface area contributed by atoms with Crippen LogP contribution in [0.5, 0.6) is 0 Å². The van der Waals surface area contributed by atoms with Gasteiger partial charge in [0.2, 0.25) is 11.7 Å². The van der Waals surface area contributed by atoms with Crippen LogP contribution in [0.2, 0.25) is 0 Å². The van der Waals surface area contributed by atoms with Gasteiger partial charge in [-0.2, -0.15) is 5.10 Å². The molecule has 4 heterocycles. The lowest BCUT2D eigenvalue weighted by Crippen LogP contribution is -2.46. The summed E-state index contributed by atoms with van der Waals surface area (Å²) in [7, 11) is 0. The van der Waals surface area contributed by atoms with Crippen LogP contribution in [0.3, 0.4) is 0 Å². The molecule has 3 atom stereocenters. The van der Waals surface area contributed by atoms with Gasteiger partial charge in [-0.05, 0) is 44.2 Å². The zero-order chi connectivity index (χ0) is 27.2. The fourth-order valence-corrected chi connectivity index (χ4v) is 5.32. The number of aliphatic imine (C=N–C) groups is 1. The maximum absolute atomic E-state index is 13.7. The highest BCUT2D eigenvalue weighted by Gasteiger charge is 2.64. The molecule has 0 bridgehead atoms. The SMILES string of the molecule is C=CN=C(/C=C\C)C(=O)[C@@H]1C[C@@]2(C)C[C@H]2N1C(=O)Cn1nc(C(C)=O)c2cc(-c3cnc(C)nc3)ncc21. The van der Waals surface area contributed by atoms with Gasteiger partial charge in [0.05, 0.1) is 23.4 Å². The van der Waals surface area contributed by atoms with Crippen molar-refractivity contribution in [3.8, 4) is 11.3 Å². The van der Waals surface area contributed by atoms with Crippen LogP contribution in [0.1, 0.15) is 49.9 Å². The van der Waals surface area contributed by atoms with Crippen molar-refractivity contribution in [1.29, 1.82) is 0 Å². The second-order valence-electron chi connectivity index (χ2n) is 10.1. The van der Waals surface area contributed by atoms with E-state index in [4.69, 9.17) is 0 Å². The first-order valence-corrected chi connectivity index (χ1v) is 12.5. The minimum Gasteiger partial charge on any atom is -0.327 e. The van der Waals surface area contributed by atoms with Gasteiger partial charge in [-0.25, -0.2) is 9.97 Å². The molecule has 0 N–H and O–H groups in total. The molecule has 194 valence electrons. The van der Waals surface area contributed by atoms with Crippen LogP contribution in [-0.4, -0.2) is 64.9 Å². The van der Waals surface area contributed by atoms with Gasteiger partial charge in [0.1, 0.15) is 23.8 Å². The molecule has 0 spiro atoms. The molecule has 1 amide bonds. The second-order valence-corrected chi connectivity index (χ2v) is 10.1. The van der Waals surface area contributed by atoms with Crippen molar-refractivity contribution in [3.05, 3.63) is 61.1 Å². The number of hydrogen-bond acceptors (Lipinski definition) is 8. The second kappa shape index (κ2) is 9.51. The molecule has 0 radical (unpaired) electrons. The predicted molar refractivity (Wildman–Crippen MR) is 143 cm³/mol. The lowest BCUT2D eigenvalue weighted by atomic mass is 9.97. The Kier molecular flexibility index (Phi) is 6.34. The number of nitrogens with zero attached hydrogens (tertiary/aromatic N) is 7. The highest BCUT2D eigenvalue weighted by atomic mass is 16.2. The van der Waals surface area contributed by atoms with Crippen LogP contribution in [0.15, 0.2) is 54.6 Å². The minimum atomic E-state index is -0.610. The van der Waals surface area contributed by atoms with Gasteiger partial charge in [-0.15, -0.1) is 0 Å². The number of pyridine rings is 1. The Morgan fingerprint density at radius 1 is 1.18 bits per heavy atom. The summed E-state index contributed by atoms with van der Waals surface area (Å²) in [6, 6.07) is 1.14. The molecule has 1 saturated carbocycles. The summed E-state index contributed by atoms with van der Waals surface area (Å²) in [5.74, 6) is -0.0153. The number of carbonyl (C=O) groups excluding carboxylic acids is 3. The van der Waals surface area contributed by atoms with E-state index in [1.54, 1.807) is 48.6 Å². The molecule has 10 heteroatoms. The minimum absolute atomic E-state index is 0.0140. The zero-order valence-electron chi connectivity index (χ0n) is 21.9. The highest BCUT2D eigenvalue weighted by molar-refractivity contribution is 6.46. The maximum Gasteiger partial charge on any atom is 0.245 e. The average Bonchev–Trinajstić information content (AvgIpc) is 3.25. The first-order chi connectivity index (χ1) is 18.2. The molecule has 1 saturated heterocycles. The van der Waals surface area contributed by atoms with Gasteiger partial charge in [0, 0.05) is 42.5 Å². The van der Waals surface area contributed by atoms with Gasteiger partial charge in [0.25, 0.3) is 0 Å². The van der Waals surface area contributed by atoms with E-state index < -0.39 is 6.04 Å². The van der Waals surface area contributed by atoms with E-state index in [0.29, 0.717) is 34.4 Å². The van der Waals surface area contributed by atoms with Crippen LogP contribution in [0.4, 0.5) is 0 Å². The normalized spacial score (nSPS) is 22.6. The summed E-state index contributed by atoms with van der Waals surface area (Å²) < 4.78 is 1.50. The molecule has 2 fully saturated rings. The zero-order valence-corrected chi connectivity index (χ0v) is 21.9. The Balaban J connectivity index is 1.48. The van der Waals surface area contributed by atoms with Crippen molar-refractivity contribution < 1.29 is 14.4 Å². The first kappa shape index (κ1) is 25.3. The third-order valence-corrected chi connectivity index (χ3v) is 7.37. The predicted octanol–water partition coefficient (Wildman–Crippen LogP) is 3.51. The standard InChI is InChI=1S/C28H29N7O3/c1-6-8-20(29-7-2)27(38)22-10-28(5)11-24(28)35(22)25(37)15-34-23-14-32-21(18-12-30-17(4)31-13-18)9-19(23)26(33-34)16(3)36/h6-9,12-14,22,24H,2,10-11,15H2,1,3-5H3/b8-6-,29-20?/t22-,24+,28-/m0/s1. The number of piperidine rings is 1. The Bertz CT molecular complexity index is 1540. The quantitative estimate of drug-likeness (QED) is 0.335.